The van der Waals surface area contributed by atoms with Gasteiger partial charge in [-0.05, 0) is 12.1 Å². The van der Waals surface area contributed by atoms with Crippen LogP contribution >= 0.6 is 0 Å². The van der Waals surface area contributed by atoms with Gasteiger partial charge in [-0.3, -0.25) is 5.84 Å². The van der Waals surface area contributed by atoms with E-state index >= 15 is 0 Å². The largest absolute Gasteiger partial charge is 0.479 e. The quantitative estimate of drug-likeness (QED) is 0.483. The van der Waals surface area contributed by atoms with E-state index in [-0.39, 0.29) is 0 Å². The minimum atomic E-state index is 0.297. The number of pyridine rings is 1. The number of anilines is 1. The van der Waals surface area contributed by atoms with Gasteiger partial charge < -0.3 is 10.2 Å². The van der Waals surface area contributed by atoms with E-state index in [1.54, 1.807) is 12.1 Å². The van der Waals surface area contributed by atoms with Crippen molar-refractivity contribution in [1.29, 1.82) is 5.26 Å². The summed E-state index contributed by atoms with van der Waals surface area (Å²) in [5, 5.41) is 8.50. The van der Waals surface area contributed by atoms with Crippen molar-refractivity contribution < 1.29 is 4.74 Å². The summed E-state index contributed by atoms with van der Waals surface area (Å²) in [6.45, 7) is 0. The van der Waals surface area contributed by atoms with Gasteiger partial charge in [0.1, 0.15) is 17.5 Å². The first-order valence-electron chi connectivity index (χ1n) is 3.23. The normalized spacial score (nSPS) is 8.75. The van der Waals surface area contributed by atoms with Crippen LogP contribution < -0.4 is 16.0 Å². The minimum Gasteiger partial charge on any atom is -0.479 e. The SMILES string of the molecule is COc1nc(C#N)ccc1NN. The maximum absolute atomic E-state index is 8.50. The zero-order chi connectivity index (χ0) is 8.97. The second-order valence-electron chi connectivity index (χ2n) is 2.01. The average Bonchev–Trinajstić information content (AvgIpc) is 2.16. The number of hydrogen-bond donors (Lipinski definition) is 2. The lowest BCUT2D eigenvalue weighted by Crippen LogP contribution is -2.09. The predicted molar refractivity (Wildman–Crippen MR) is 43.3 cm³/mol. The second-order valence-corrected chi connectivity index (χ2v) is 2.01. The van der Waals surface area contributed by atoms with Gasteiger partial charge in [0, 0.05) is 0 Å². The van der Waals surface area contributed by atoms with Gasteiger partial charge in [0.15, 0.2) is 0 Å². The van der Waals surface area contributed by atoms with E-state index in [0.717, 1.165) is 0 Å². The Hall–Kier alpha value is -1.80. The first-order valence-corrected chi connectivity index (χ1v) is 3.23. The number of hydrogen-bond acceptors (Lipinski definition) is 5. The van der Waals surface area contributed by atoms with Crippen molar-refractivity contribution in [1.82, 2.24) is 4.98 Å². The summed E-state index contributed by atoms with van der Waals surface area (Å²) in [5.41, 5.74) is 3.25. The fourth-order valence-corrected chi connectivity index (χ4v) is 0.768. The second kappa shape index (κ2) is 3.55. The summed E-state index contributed by atoms with van der Waals surface area (Å²) in [7, 11) is 1.46. The van der Waals surface area contributed by atoms with E-state index in [0.29, 0.717) is 17.3 Å². The molecular weight excluding hydrogens is 156 g/mol. The van der Waals surface area contributed by atoms with Gasteiger partial charge in [0.25, 0.3) is 0 Å². The van der Waals surface area contributed by atoms with Gasteiger partial charge in [-0.2, -0.15) is 5.26 Å². The molecule has 0 spiro atoms. The summed E-state index contributed by atoms with van der Waals surface area (Å²) < 4.78 is 4.87. The Kier molecular flexibility index (Phi) is 2.46. The fourth-order valence-electron chi connectivity index (χ4n) is 0.768. The molecule has 0 atom stereocenters. The Balaban J connectivity index is 3.13. The molecule has 0 aliphatic rings. The molecule has 1 aromatic rings. The summed E-state index contributed by atoms with van der Waals surface area (Å²) in [6, 6.07) is 5.08. The van der Waals surface area contributed by atoms with Crippen LogP contribution in [0.25, 0.3) is 0 Å². The van der Waals surface area contributed by atoms with Crippen LogP contribution in [0.15, 0.2) is 12.1 Å². The molecule has 5 nitrogen and oxygen atoms in total. The van der Waals surface area contributed by atoms with E-state index in [1.807, 2.05) is 6.07 Å². The van der Waals surface area contributed by atoms with E-state index in [9.17, 15) is 0 Å². The lowest BCUT2D eigenvalue weighted by molar-refractivity contribution is 0.399. The van der Waals surface area contributed by atoms with Crippen molar-refractivity contribution in [3.8, 4) is 11.9 Å². The molecule has 0 fully saturated rings. The molecule has 0 amide bonds. The molecular formula is C7H8N4O. The third-order valence-corrected chi connectivity index (χ3v) is 1.32. The summed E-state index contributed by atoms with van der Waals surface area (Å²) in [6.07, 6.45) is 0. The van der Waals surface area contributed by atoms with E-state index in [4.69, 9.17) is 15.8 Å². The number of nitriles is 1. The van der Waals surface area contributed by atoms with Gasteiger partial charge in [0.2, 0.25) is 5.88 Å². The Labute approximate surface area is 69.7 Å². The number of methoxy groups -OCH3 is 1. The molecule has 0 aliphatic carbocycles. The van der Waals surface area contributed by atoms with Crippen molar-refractivity contribution in [3.63, 3.8) is 0 Å². The lowest BCUT2D eigenvalue weighted by Gasteiger charge is -2.05. The highest BCUT2D eigenvalue weighted by Crippen LogP contribution is 2.19. The number of ether oxygens (including phenoxy) is 1. The summed E-state index contributed by atoms with van der Waals surface area (Å²) in [4.78, 5) is 3.85. The summed E-state index contributed by atoms with van der Waals surface area (Å²) in [5.74, 6) is 5.48. The maximum atomic E-state index is 8.50. The third kappa shape index (κ3) is 1.44. The number of nitrogens with one attached hydrogen (secondary N) is 1. The molecule has 0 aliphatic heterocycles. The monoisotopic (exact) mass is 164 g/mol. The van der Waals surface area contributed by atoms with Crippen molar-refractivity contribution in [2.24, 2.45) is 5.84 Å². The fraction of sp³-hybridized carbons (Fsp3) is 0.143. The van der Waals surface area contributed by atoms with Crippen LogP contribution in [0.1, 0.15) is 5.69 Å². The molecule has 0 radical (unpaired) electrons. The molecule has 0 saturated carbocycles. The highest BCUT2D eigenvalue weighted by atomic mass is 16.5. The number of nitrogens with zero attached hydrogens (tertiary/aromatic N) is 2. The zero-order valence-corrected chi connectivity index (χ0v) is 6.53. The van der Waals surface area contributed by atoms with Gasteiger partial charge in [0.05, 0.1) is 7.11 Å². The highest BCUT2D eigenvalue weighted by Gasteiger charge is 2.03. The lowest BCUT2D eigenvalue weighted by atomic mass is 10.3. The predicted octanol–water partition coefficient (Wildman–Crippen LogP) is 0.247. The Bertz CT molecular complexity index is 318. The average molecular weight is 164 g/mol. The molecule has 0 aromatic carbocycles. The van der Waals surface area contributed by atoms with Crippen LogP contribution in [0.5, 0.6) is 5.88 Å². The molecule has 1 heterocycles. The standard InChI is InChI=1S/C7H8N4O/c1-12-7-6(11-9)3-2-5(4-8)10-7/h2-3,11H,9H2,1H3. The van der Waals surface area contributed by atoms with Gasteiger partial charge in [-0.25, -0.2) is 4.98 Å². The van der Waals surface area contributed by atoms with Crippen LogP contribution in [-0.2, 0) is 0 Å². The van der Waals surface area contributed by atoms with Gasteiger partial charge >= 0.3 is 0 Å². The first kappa shape index (κ1) is 8.30. The van der Waals surface area contributed by atoms with Crippen LogP contribution in [0.3, 0.4) is 0 Å². The number of nitrogens with two attached hydrogens (primary N) is 1. The highest BCUT2D eigenvalue weighted by molar-refractivity contribution is 5.52. The molecule has 0 unspecified atom stereocenters. The number of rotatable bonds is 2. The van der Waals surface area contributed by atoms with Crippen LogP contribution in [0.4, 0.5) is 5.69 Å². The Morgan fingerprint density at radius 1 is 1.67 bits per heavy atom. The van der Waals surface area contributed by atoms with Gasteiger partial charge in [-0.1, -0.05) is 0 Å². The third-order valence-electron chi connectivity index (χ3n) is 1.32. The summed E-state index contributed by atoms with van der Waals surface area (Å²) >= 11 is 0. The molecule has 0 saturated heterocycles. The van der Waals surface area contributed by atoms with Crippen LogP contribution in [-0.4, -0.2) is 12.1 Å². The topological polar surface area (TPSA) is 84.0 Å². The number of hydrazine groups is 1. The first-order chi connectivity index (χ1) is 5.81. The maximum Gasteiger partial charge on any atom is 0.239 e. The minimum absolute atomic E-state index is 0.297. The Morgan fingerprint density at radius 2 is 2.42 bits per heavy atom. The van der Waals surface area contributed by atoms with E-state index in [1.165, 1.54) is 7.11 Å². The van der Waals surface area contributed by atoms with E-state index < -0.39 is 0 Å². The molecule has 0 bridgehead atoms. The van der Waals surface area contributed by atoms with Crippen LogP contribution in [0.2, 0.25) is 0 Å². The van der Waals surface area contributed by atoms with Crippen molar-refractivity contribution >= 4 is 5.69 Å². The molecule has 62 valence electrons. The zero-order valence-electron chi connectivity index (χ0n) is 6.53. The number of aromatic nitrogens is 1. The molecule has 1 rings (SSSR count). The molecule has 12 heavy (non-hydrogen) atoms. The van der Waals surface area contributed by atoms with Crippen molar-refractivity contribution in [2.45, 2.75) is 0 Å². The molecule has 5 heteroatoms. The molecule has 1 aromatic heterocycles. The van der Waals surface area contributed by atoms with Gasteiger partial charge in [-0.15, -0.1) is 0 Å². The molecule has 3 N–H and O–H groups in total. The van der Waals surface area contributed by atoms with Crippen LogP contribution in [0, 0.1) is 11.3 Å². The number of nitrogen functional groups attached to an aromatic ring is 1. The van der Waals surface area contributed by atoms with E-state index in [2.05, 4.69) is 10.4 Å². The smallest absolute Gasteiger partial charge is 0.239 e. The van der Waals surface area contributed by atoms with Crippen molar-refractivity contribution in [2.75, 3.05) is 12.5 Å². The van der Waals surface area contributed by atoms with Crippen molar-refractivity contribution in [3.05, 3.63) is 17.8 Å². The Morgan fingerprint density at radius 3 is 2.92 bits per heavy atom.